The number of morpholine rings is 1. The molecule has 0 aromatic heterocycles. The van der Waals surface area contributed by atoms with Crippen LogP contribution in [0.15, 0.2) is 84.9 Å². The molecule has 2 saturated heterocycles. The number of benzene rings is 3. The number of aliphatic hydroxyl groups is 1. The quantitative estimate of drug-likeness (QED) is 0.545. The smallest absolute Gasteiger partial charge is 0.0995 e. The Kier molecular flexibility index (Phi) is 7.41. The summed E-state index contributed by atoms with van der Waals surface area (Å²) in [5.41, 5.74) is 3.89. The van der Waals surface area contributed by atoms with E-state index in [2.05, 4.69) is 83.8 Å². The van der Waals surface area contributed by atoms with Gasteiger partial charge in [0.1, 0.15) is 0 Å². The lowest BCUT2D eigenvalue weighted by Gasteiger charge is -2.47. The summed E-state index contributed by atoms with van der Waals surface area (Å²) in [4.78, 5) is 2.43. The minimum absolute atomic E-state index is 0.145. The molecule has 34 heavy (non-hydrogen) atoms. The molecule has 178 valence electrons. The molecule has 0 bridgehead atoms. The molecule has 5 rings (SSSR count). The average Bonchev–Trinajstić information content (AvgIpc) is 2.91. The standard InChI is InChI=1S/C30H35NO3/c32-30(27-15-18-33-19-16-27,21-26-13-7-8-14-28(26)25-11-5-2-6-12-25)29-23-31(17-20-34-29)22-24-9-3-1-4-10-24/h1-14,27,29,32H,15-23H2. The minimum Gasteiger partial charge on any atom is -0.386 e. The van der Waals surface area contributed by atoms with Crippen LogP contribution in [-0.2, 0) is 22.4 Å². The third-order valence-electron chi connectivity index (χ3n) is 7.46. The molecule has 0 saturated carbocycles. The third kappa shape index (κ3) is 5.26. The van der Waals surface area contributed by atoms with Gasteiger partial charge in [-0.1, -0.05) is 84.9 Å². The minimum atomic E-state index is -0.954. The van der Waals surface area contributed by atoms with Crippen molar-refractivity contribution in [3.63, 3.8) is 0 Å². The van der Waals surface area contributed by atoms with E-state index in [4.69, 9.17) is 9.47 Å². The van der Waals surface area contributed by atoms with Gasteiger partial charge in [0.05, 0.1) is 18.3 Å². The van der Waals surface area contributed by atoms with Crippen LogP contribution in [0.1, 0.15) is 24.0 Å². The van der Waals surface area contributed by atoms with Gasteiger partial charge in [-0.05, 0) is 41.0 Å². The van der Waals surface area contributed by atoms with Crippen LogP contribution in [0.2, 0.25) is 0 Å². The number of hydrogen-bond donors (Lipinski definition) is 1. The van der Waals surface area contributed by atoms with Crippen LogP contribution in [-0.4, -0.2) is 54.6 Å². The Hall–Kier alpha value is -2.50. The zero-order valence-corrected chi connectivity index (χ0v) is 19.8. The highest BCUT2D eigenvalue weighted by molar-refractivity contribution is 5.67. The largest absolute Gasteiger partial charge is 0.386 e. The lowest BCUT2D eigenvalue weighted by atomic mass is 9.73. The fourth-order valence-corrected chi connectivity index (χ4v) is 5.59. The van der Waals surface area contributed by atoms with Crippen molar-refractivity contribution in [1.29, 1.82) is 0 Å². The van der Waals surface area contributed by atoms with Gasteiger partial charge < -0.3 is 14.6 Å². The zero-order chi connectivity index (χ0) is 23.2. The Bertz CT molecular complexity index is 1040. The second-order valence-electron chi connectivity index (χ2n) is 9.66. The topological polar surface area (TPSA) is 41.9 Å². The fraction of sp³-hybridized carbons (Fsp3) is 0.400. The Balaban J connectivity index is 1.43. The monoisotopic (exact) mass is 457 g/mol. The van der Waals surface area contributed by atoms with E-state index in [-0.39, 0.29) is 12.0 Å². The van der Waals surface area contributed by atoms with Gasteiger partial charge in [-0.2, -0.15) is 0 Å². The van der Waals surface area contributed by atoms with Crippen molar-refractivity contribution in [2.75, 3.05) is 32.9 Å². The first-order valence-corrected chi connectivity index (χ1v) is 12.5. The van der Waals surface area contributed by atoms with Crippen LogP contribution >= 0.6 is 0 Å². The molecular formula is C30H35NO3. The molecule has 3 aromatic carbocycles. The Labute approximate surface area is 203 Å². The summed E-state index contributed by atoms with van der Waals surface area (Å²) in [6, 6.07) is 29.5. The zero-order valence-electron chi connectivity index (χ0n) is 19.8. The van der Waals surface area contributed by atoms with E-state index in [0.717, 1.165) is 32.5 Å². The van der Waals surface area contributed by atoms with Crippen LogP contribution in [0.4, 0.5) is 0 Å². The van der Waals surface area contributed by atoms with Crippen LogP contribution < -0.4 is 0 Å². The van der Waals surface area contributed by atoms with Gasteiger partial charge in [-0.3, -0.25) is 4.90 Å². The molecular weight excluding hydrogens is 422 g/mol. The first-order valence-electron chi connectivity index (χ1n) is 12.5. The summed E-state index contributed by atoms with van der Waals surface area (Å²) < 4.78 is 12.0. The highest BCUT2D eigenvalue weighted by Crippen LogP contribution is 2.38. The predicted molar refractivity (Wildman–Crippen MR) is 136 cm³/mol. The van der Waals surface area contributed by atoms with Crippen molar-refractivity contribution in [3.8, 4) is 11.1 Å². The van der Waals surface area contributed by atoms with Crippen molar-refractivity contribution in [2.45, 2.75) is 37.5 Å². The van der Waals surface area contributed by atoms with E-state index in [0.29, 0.717) is 26.2 Å². The van der Waals surface area contributed by atoms with Crippen molar-refractivity contribution >= 4 is 0 Å². The molecule has 0 amide bonds. The molecule has 2 aliphatic heterocycles. The number of hydrogen-bond acceptors (Lipinski definition) is 4. The molecule has 3 aromatic rings. The summed E-state index contributed by atoms with van der Waals surface area (Å²) in [6.45, 7) is 4.54. The van der Waals surface area contributed by atoms with Gasteiger partial charge in [-0.25, -0.2) is 0 Å². The lowest BCUT2D eigenvalue weighted by molar-refractivity contribution is -0.180. The first kappa shape index (κ1) is 23.3. The summed E-state index contributed by atoms with van der Waals surface area (Å²) in [7, 11) is 0. The predicted octanol–water partition coefficient (Wildman–Crippen LogP) is 4.95. The Morgan fingerprint density at radius 1 is 0.824 bits per heavy atom. The second-order valence-corrected chi connectivity index (χ2v) is 9.66. The lowest BCUT2D eigenvalue weighted by Crippen LogP contribution is -2.59. The number of rotatable bonds is 7. The van der Waals surface area contributed by atoms with Crippen LogP contribution in [0.5, 0.6) is 0 Å². The summed E-state index contributed by atoms with van der Waals surface area (Å²) in [5.74, 6) is 0.145. The molecule has 1 N–H and O–H groups in total. The number of nitrogens with zero attached hydrogens (tertiary/aromatic N) is 1. The molecule has 2 atom stereocenters. The van der Waals surface area contributed by atoms with Gasteiger partial charge in [0, 0.05) is 39.3 Å². The fourth-order valence-electron chi connectivity index (χ4n) is 5.59. The maximum atomic E-state index is 12.5. The third-order valence-corrected chi connectivity index (χ3v) is 7.46. The molecule has 4 nitrogen and oxygen atoms in total. The molecule has 0 spiro atoms. The van der Waals surface area contributed by atoms with Crippen molar-refractivity contribution in [1.82, 2.24) is 4.90 Å². The van der Waals surface area contributed by atoms with Crippen LogP contribution in [0, 0.1) is 5.92 Å². The van der Waals surface area contributed by atoms with Crippen LogP contribution in [0.25, 0.3) is 11.1 Å². The Morgan fingerprint density at radius 3 is 2.26 bits per heavy atom. The molecule has 2 heterocycles. The Morgan fingerprint density at radius 2 is 1.50 bits per heavy atom. The summed E-state index contributed by atoms with van der Waals surface area (Å²) >= 11 is 0. The molecule has 2 aliphatic rings. The molecule has 2 fully saturated rings. The van der Waals surface area contributed by atoms with E-state index in [1.54, 1.807) is 0 Å². The van der Waals surface area contributed by atoms with E-state index >= 15 is 0 Å². The summed E-state index contributed by atoms with van der Waals surface area (Å²) in [6.07, 6.45) is 2.06. The first-order chi connectivity index (χ1) is 16.7. The average molecular weight is 458 g/mol. The van der Waals surface area contributed by atoms with Gasteiger partial charge in [-0.15, -0.1) is 0 Å². The van der Waals surface area contributed by atoms with Crippen molar-refractivity contribution in [3.05, 3.63) is 96.1 Å². The highest BCUT2D eigenvalue weighted by Gasteiger charge is 2.47. The second kappa shape index (κ2) is 10.8. The molecule has 0 aliphatic carbocycles. The van der Waals surface area contributed by atoms with Gasteiger partial charge in [0.15, 0.2) is 0 Å². The SMILES string of the molecule is OC(Cc1ccccc1-c1ccccc1)(C1CCOCC1)C1CN(Cc2ccccc2)CCO1. The highest BCUT2D eigenvalue weighted by atomic mass is 16.5. The van der Waals surface area contributed by atoms with E-state index in [9.17, 15) is 5.11 Å². The van der Waals surface area contributed by atoms with Crippen molar-refractivity contribution in [2.24, 2.45) is 5.92 Å². The van der Waals surface area contributed by atoms with E-state index < -0.39 is 5.60 Å². The van der Waals surface area contributed by atoms with E-state index in [1.807, 2.05) is 6.07 Å². The van der Waals surface area contributed by atoms with Crippen molar-refractivity contribution < 1.29 is 14.6 Å². The summed E-state index contributed by atoms with van der Waals surface area (Å²) in [5, 5.41) is 12.5. The van der Waals surface area contributed by atoms with E-state index in [1.165, 1.54) is 22.3 Å². The maximum Gasteiger partial charge on any atom is 0.0995 e. The molecule has 4 heteroatoms. The maximum absolute atomic E-state index is 12.5. The molecule has 0 radical (unpaired) electrons. The molecule has 2 unspecified atom stereocenters. The van der Waals surface area contributed by atoms with Gasteiger partial charge in [0.25, 0.3) is 0 Å². The van der Waals surface area contributed by atoms with Crippen LogP contribution in [0.3, 0.4) is 0 Å². The van der Waals surface area contributed by atoms with Gasteiger partial charge in [0.2, 0.25) is 0 Å². The van der Waals surface area contributed by atoms with Gasteiger partial charge >= 0.3 is 0 Å². The normalized spacial score (nSPS) is 21.7. The number of ether oxygens (including phenoxy) is 2.